The summed E-state index contributed by atoms with van der Waals surface area (Å²) in [4.78, 5) is 16.2. The van der Waals surface area contributed by atoms with E-state index in [-0.39, 0.29) is 0 Å². The first-order valence-corrected chi connectivity index (χ1v) is 5.88. The van der Waals surface area contributed by atoms with Gasteiger partial charge in [0.15, 0.2) is 0 Å². The van der Waals surface area contributed by atoms with Crippen molar-refractivity contribution in [2.75, 3.05) is 6.61 Å². The number of fused-ring (bicyclic) bond motifs is 1. The number of allylic oxidation sites excluding steroid dienone is 1. The van der Waals surface area contributed by atoms with Gasteiger partial charge < -0.3 is 9.47 Å². The Bertz CT molecular complexity index is 689. The number of ether oxygens (including phenoxy) is 2. The molecule has 19 heavy (non-hydrogen) atoms. The number of para-hydroxylation sites is 1. The summed E-state index contributed by atoms with van der Waals surface area (Å²) < 4.78 is 10.2. The summed E-state index contributed by atoms with van der Waals surface area (Å²) in [5, 5.41) is 0.911. The van der Waals surface area contributed by atoms with Crippen LogP contribution in [0.1, 0.15) is 10.4 Å². The van der Waals surface area contributed by atoms with E-state index in [1.165, 1.54) is 12.5 Å². The van der Waals surface area contributed by atoms with Crippen LogP contribution in [0.15, 0.2) is 60.7 Å². The van der Waals surface area contributed by atoms with Crippen LogP contribution in [-0.4, -0.2) is 17.6 Å². The molecule has 4 nitrogen and oxygen atoms in total. The lowest BCUT2D eigenvalue weighted by Crippen LogP contribution is -2.06. The van der Waals surface area contributed by atoms with Crippen LogP contribution in [0.4, 0.5) is 0 Å². The van der Waals surface area contributed by atoms with Gasteiger partial charge in [0.25, 0.3) is 0 Å². The van der Waals surface area contributed by atoms with Crippen molar-refractivity contribution < 1.29 is 14.3 Å². The molecular formula is C15H11NO3. The van der Waals surface area contributed by atoms with E-state index >= 15 is 0 Å². The Hall–Kier alpha value is -2.62. The predicted octanol–water partition coefficient (Wildman–Crippen LogP) is 2.82. The standard InChI is InChI=1S/C15H11NO3/c17-15(19-13-5-7-18-8-6-13)12-9-11-3-1-2-4-14(11)16-10-12/h1-7,9-10H,8H2. The van der Waals surface area contributed by atoms with Gasteiger partial charge in [0.2, 0.25) is 0 Å². The minimum Gasteiger partial charge on any atom is -0.497 e. The van der Waals surface area contributed by atoms with Gasteiger partial charge in [0, 0.05) is 17.7 Å². The third kappa shape index (κ3) is 2.47. The maximum atomic E-state index is 12.0. The fourth-order valence-electron chi connectivity index (χ4n) is 1.79. The maximum Gasteiger partial charge on any atom is 0.345 e. The SMILES string of the molecule is O=C(OC1=CCOC=C1)c1cnc2ccccc2c1. The van der Waals surface area contributed by atoms with Gasteiger partial charge in [-0.25, -0.2) is 4.79 Å². The van der Waals surface area contributed by atoms with E-state index in [0.717, 1.165) is 10.9 Å². The molecule has 2 heterocycles. The van der Waals surface area contributed by atoms with Crippen LogP contribution in [0.3, 0.4) is 0 Å². The number of aromatic nitrogens is 1. The Kier molecular flexibility index (Phi) is 2.98. The van der Waals surface area contributed by atoms with Gasteiger partial charge >= 0.3 is 5.97 Å². The van der Waals surface area contributed by atoms with Gasteiger partial charge in [-0.05, 0) is 18.2 Å². The van der Waals surface area contributed by atoms with Crippen molar-refractivity contribution in [1.82, 2.24) is 4.98 Å². The molecule has 94 valence electrons. The molecule has 0 bridgehead atoms. The Balaban J connectivity index is 1.85. The molecule has 0 fully saturated rings. The quantitative estimate of drug-likeness (QED) is 0.772. The van der Waals surface area contributed by atoms with E-state index in [9.17, 15) is 4.79 Å². The molecule has 1 aromatic heterocycles. The predicted molar refractivity (Wildman–Crippen MR) is 70.3 cm³/mol. The van der Waals surface area contributed by atoms with Gasteiger partial charge in [-0.3, -0.25) is 4.98 Å². The Morgan fingerprint density at radius 3 is 3.05 bits per heavy atom. The van der Waals surface area contributed by atoms with Crippen molar-refractivity contribution in [3.05, 3.63) is 66.3 Å². The molecule has 3 rings (SSSR count). The van der Waals surface area contributed by atoms with Crippen LogP contribution in [0.5, 0.6) is 0 Å². The third-order valence-electron chi connectivity index (χ3n) is 2.75. The molecule has 1 aliphatic heterocycles. The summed E-state index contributed by atoms with van der Waals surface area (Å²) in [5.74, 6) is 0.0699. The van der Waals surface area contributed by atoms with Crippen LogP contribution < -0.4 is 0 Å². The van der Waals surface area contributed by atoms with Gasteiger partial charge in [0.05, 0.1) is 17.3 Å². The molecule has 0 spiro atoms. The second-order valence-electron chi connectivity index (χ2n) is 4.05. The molecule has 0 amide bonds. The van der Waals surface area contributed by atoms with E-state index in [1.807, 2.05) is 24.3 Å². The highest BCUT2D eigenvalue weighted by molar-refractivity contribution is 5.94. The van der Waals surface area contributed by atoms with Crippen LogP contribution in [0.25, 0.3) is 10.9 Å². The van der Waals surface area contributed by atoms with E-state index < -0.39 is 5.97 Å². The number of carbonyl (C=O) groups excluding carboxylic acids is 1. The van der Waals surface area contributed by atoms with Crippen molar-refractivity contribution in [1.29, 1.82) is 0 Å². The molecule has 4 heteroatoms. The average molecular weight is 253 g/mol. The van der Waals surface area contributed by atoms with Gasteiger partial charge in [-0.15, -0.1) is 0 Å². The zero-order chi connectivity index (χ0) is 13.1. The number of carbonyl (C=O) groups is 1. The first-order valence-electron chi connectivity index (χ1n) is 5.88. The smallest absolute Gasteiger partial charge is 0.345 e. The normalized spacial score (nSPS) is 13.8. The van der Waals surface area contributed by atoms with Gasteiger partial charge in [-0.2, -0.15) is 0 Å². The zero-order valence-electron chi connectivity index (χ0n) is 10.1. The summed E-state index contributed by atoms with van der Waals surface area (Å²) in [6.45, 7) is 0.412. The minimum absolute atomic E-state index is 0.412. The van der Waals surface area contributed by atoms with E-state index in [4.69, 9.17) is 9.47 Å². The molecule has 0 aliphatic carbocycles. The monoisotopic (exact) mass is 253 g/mol. The van der Waals surface area contributed by atoms with Crippen molar-refractivity contribution in [2.45, 2.75) is 0 Å². The topological polar surface area (TPSA) is 48.4 Å². The minimum atomic E-state index is -0.420. The first-order chi connectivity index (χ1) is 9.33. The van der Waals surface area contributed by atoms with Gasteiger partial charge in [0.1, 0.15) is 12.4 Å². The van der Waals surface area contributed by atoms with Gasteiger partial charge in [-0.1, -0.05) is 18.2 Å². The van der Waals surface area contributed by atoms with E-state index in [0.29, 0.717) is 17.9 Å². The highest BCUT2D eigenvalue weighted by atomic mass is 16.5. The third-order valence-corrected chi connectivity index (χ3v) is 2.75. The molecule has 2 aromatic rings. The number of esters is 1. The average Bonchev–Trinajstić information content (AvgIpc) is 2.48. The molecule has 0 saturated carbocycles. The van der Waals surface area contributed by atoms with Crippen molar-refractivity contribution in [2.24, 2.45) is 0 Å². The molecular weight excluding hydrogens is 242 g/mol. The zero-order valence-corrected chi connectivity index (χ0v) is 10.1. The first kappa shape index (κ1) is 11.5. The lowest BCUT2D eigenvalue weighted by atomic mass is 10.1. The summed E-state index contributed by atoms with van der Waals surface area (Å²) >= 11 is 0. The second-order valence-corrected chi connectivity index (χ2v) is 4.05. The lowest BCUT2D eigenvalue weighted by Gasteiger charge is -2.09. The summed E-state index contributed by atoms with van der Waals surface area (Å²) in [7, 11) is 0. The lowest BCUT2D eigenvalue weighted by molar-refractivity contribution is 0.0629. The fraction of sp³-hybridized carbons (Fsp3) is 0.0667. The summed E-state index contributed by atoms with van der Waals surface area (Å²) in [6.07, 6.45) is 6.33. The highest BCUT2D eigenvalue weighted by Gasteiger charge is 2.11. The maximum absolute atomic E-state index is 12.0. The molecule has 1 aromatic carbocycles. The number of hydrogen-bond acceptors (Lipinski definition) is 4. The number of pyridine rings is 1. The van der Waals surface area contributed by atoms with Crippen molar-refractivity contribution in [3.8, 4) is 0 Å². The second kappa shape index (κ2) is 4.94. The molecule has 0 N–H and O–H groups in total. The Morgan fingerprint density at radius 2 is 2.21 bits per heavy atom. The molecule has 0 saturated heterocycles. The largest absolute Gasteiger partial charge is 0.497 e. The molecule has 1 aliphatic rings. The van der Waals surface area contributed by atoms with Crippen LogP contribution >= 0.6 is 0 Å². The number of rotatable bonds is 2. The van der Waals surface area contributed by atoms with E-state index in [2.05, 4.69) is 4.98 Å². The van der Waals surface area contributed by atoms with Crippen LogP contribution in [-0.2, 0) is 9.47 Å². The molecule has 0 atom stereocenters. The van der Waals surface area contributed by atoms with Crippen molar-refractivity contribution in [3.63, 3.8) is 0 Å². The highest BCUT2D eigenvalue weighted by Crippen LogP contribution is 2.15. The molecule has 0 radical (unpaired) electrons. The Morgan fingerprint density at radius 1 is 1.32 bits per heavy atom. The number of benzene rings is 1. The van der Waals surface area contributed by atoms with Crippen LogP contribution in [0, 0.1) is 0 Å². The number of hydrogen-bond donors (Lipinski definition) is 0. The van der Waals surface area contributed by atoms with E-state index in [1.54, 1.807) is 18.2 Å². The fourth-order valence-corrected chi connectivity index (χ4v) is 1.79. The van der Waals surface area contributed by atoms with Crippen LogP contribution in [0.2, 0.25) is 0 Å². The number of nitrogens with zero attached hydrogens (tertiary/aromatic N) is 1. The summed E-state index contributed by atoms with van der Waals surface area (Å²) in [6, 6.07) is 9.39. The molecule has 0 unspecified atom stereocenters. The van der Waals surface area contributed by atoms with Crippen molar-refractivity contribution >= 4 is 16.9 Å². The Labute approximate surface area is 110 Å². The summed E-state index contributed by atoms with van der Waals surface area (Å²) in [5.41, 5.74) is 1.28.